The van der Waals surface area contributed by atoms with Gasteiger partial charge in [0.15, 0.2) is 0 Å². The quantitative estimate of drug-likeness (QED) is 0.727. The molecule has 5 heteroatoms. The minimum Gasteiger partial charge on any atom is -0.496 e. The Labute approximate surface area is 130 Å². The van der Waals surface area contributed by atoms with E-state index in [0.29, 0.717) is 0 Å². The van der Waals surface area contributed by atoms with Crippen molar-refractivity contribution in [3.05, 3.63) is 52.8 Å². The summed E-state index contributed by atoms with van der Waals surface area (Å²) in [5, 5.41) is 9.13. The number of pyridine rings is 1. The van der Waals surface area contributed by atoms with Gasteiger partial charge in [-0.1, -0.05) is 12.1 Å². The Balaban J connectivity index is 2.31. The van der Waals surface area contributed by atoms with E-state index in [4.69, 9.17) is 10.00 Å². The van der Waals surface area contributed by atoms with Gasteiger partial charge in [-0.05, 0) is 40.2 Å². The van der Waals surface area contributed by atoms with Crippen LogP contribution in [0.5, 0.6) is 5.75 Å². The second-order valence-electron chi connectivity index (χ2n) is 4.52. The summed E-state index contributed by atoms with van der Waals surface area (Å²) in [5.41, 5.74) is 3.35. The number of hydrogen-bond donors (Lipinski definition) is 0. The van der Waals surface area contributed by atoms with E-state index in [1.54, 1.807) is 7.11 Å². The third-order valence-corrected chi connectivity index (χ3v) is 3.76. The van der Waals surface area contributed by atoms with Crippen molar-refractivity contribution in [2.24, 2.45) is 0 Å². The first kappa shape index (κ1) is 13.7. The molecule has 4 nitrogen and oxygen atoms in total. The first-order valence-electron chi connectivity index (χ1n) is 6.41. The fraction of sp³-hybridized carbons (Fsp3) is 0.125. The third kappa shape index (κ3) is 2.39. The van der Waals surface area contributed by atoms with Crippen LogP contribution in [0.3, 0.4) is 0 Å². The molecule has 21 heavy (non-hydrogen) atoms. The van der Waals surface area contributed by atoms with Gasteiger partial charge in [0.05, 0.1) is 31.0 Å². The minimum atomic E-state index is 0.283. The molecule has 0 N–H and O–H groups in total. The molecule has 0 saturated carbocycles. The summed E-state index contributed by atoms with van der Waals surface area (Å²) in [6.45, 7) is 0. The Hall–Kier alpha value is -2.32. The van der Waals surface area contributed by atoms with Gasteiger partial charge in [-0.2, -0.15) is 5.26 Å². The van der Waals surface area contributed by atoms with Crippen LogP contribution in [-0.4, -0.2) is 16.5 Å². The topological polar surface area (TPSA) is 50.3 Å². The zero-order valence-corrected chi connectivity index (χ0v) is 13.0. The summed E-state index contributed by atoms with van der Waals surface area (Å²) >= 11 is 3.46. The molecule has 0 aliphatic heterocycles. The monoisotopic (exact) mass is 341 g/mol. The van der Waals surface area contributed by atoms with Crippen LogP contribution in [0.15, 0.2) is 47.1 Å². The minimum absolute atomic E-state index is 0.283. The number of halogens is 1. The standard InChI is InChI=1S/C16H12BrN3O/c1-21-14-5-3-2-4-12(14)16-13(8-9-18)20-10-11(17)6-7-15(20)19-16/h2-7,10H,8H2,1H3. The highest BCUT2D eigenvalue weighted by Crippen LogP contribution is 2.32. The molecule has 2 heterocycles. The van der Waals surface area contributed by atoms with Gasteiger partial charge < -0.3 is 9.14 Å². The van der Waals surface area contributed by atoms with Crippen molar-refractivity contribution in [3.8, 4) is 23.1 Å². The summed E-state index contributed by atoms with van der Waals surface area (Å²) in [5.74, 6) is 0.749. The SMILES string of the molecule is COc1ccccc1-c1nc2ccc(Br)cn2c1CC#N. The lowest BCUT2D eigenvalue weighted by Crippen LogP contribution is -1.95. The number of methoxy groups -OCH3 is 1. The van der Waals surface area contributed by atoms with E-state index in [1.807, 2.05) is 47.0 Å². The van der Waals surface area contributed by atoms with Crippen molar-refractivity contribution in [3.63, 3.8) is 0 Å². The van der Waals surface area contributed by atoms with Gasteiger partial charge in [0, 0.05) is 16.2 Å². The largest absolute Gasteiger partial charge is 0.496 e. The molecule has 0 unspecified atom stereocenters. The van der Waals surface area contributed by atoms with Gasteiger partial charge in [-0.15, -0.1) is 0 Å². The summed E-state index contributed by atoms with van der Waals surface area (Å²) < 4.78 is 8.29. The van der Waals surface area contributed by atoms with Crippen LogP contribution in [0.1, 0.15) is 5.69 Å². The molecule has 3 aromatic rings. The Morgan fingerprint density at radius 1 is 1.29 bits per heavy atom. The molecule has 0 atom stereocenters. The molecule has 0 amide bonds. The summed E-state index contributed by atoms with van der Waals surface area (Å²) in [6, 6.07) is 13.8. The predicted molar refractivity (Wildman–Crippen MR) is 84.2 cm³/mol. The molecule has 0 aliphatic carbocycles. The number of benzene rings is 1. The van der Waals surface area contributed by atoms with Crippen molar-refractivity contribution in [2.75, 3.05) is 7.11 Å². The van der Waals surface area contributed by atoms with Crippen molar-refractivity contribution in [2.45, 2.75) is 6.42 Å². The normalized spacial score (nSPS) is 10.5. The van der Waals surface area contributed by atoms with E-state index >= 15 is 0 Å². The number of fused-ring (bicyclic) bond motifs is 1. The first-order chi connectivity index (χ1) is 10.2. The lowest BCUT2D eigenvalue weighted by Gasteiger charge is -2.07. The molecule has 0 fully saturated rings. The van der Waals surface area contributed by atoms with Crippen LogP contribution >= 0.6 is 15.9 Å². The highest BCUT2D eigenvalue weighted by atomic mass is 79.9. The average molecular weight is 342 g/mol. The van der Waals surface area contributed by atoms with Gasteiger partial charge in [0.25, 0.3) is 0 Å². The second kappa shape index (κ2) is 5.58. The van der Waals surface area contributed by atoms with Crippen LogP contribution in [0.4, 0.5) is 0 Å². The van der Waals surface area contributed by atoms with Gasteiger partial charge in [0.2, 0.25) is 0 Å². The number of ether oxygens (including phenoxy) is 1. The molecular weight excluding hydrogens is 330 g/mol. The molecule has 0 aliphatic rings. The fourth-order valence-electron chi connectivity index (χ4n) is 2.37. The fourth-order valence-corrected chi connectivity index (χ4v) is 2.70. The van der Waals surface area contributed by atoms with Crippen molar-refractivity contribution in [1.82, 2.24) is 9.38 Å². The summed E-state index contributed by atoms with van der Waals surface area (Å²) in [7, 11) is 1.63. The van der Waals surface area contributed by atoms with Crippen LogP contribution in [0.2, 0.25) is 0 Å². The first-order valence-corrected chi connectivity index (χ1v) is 7.20. The molecule has 3 rings (SSSR count). The highest BCUT2D eigenvalue weighted by molar-refractivity contribution is 9.10. The van der Waals surface area contributed by atoms with Crippen LogP contribution in [0.25, 0.3) is 16.9 Å². The Morgan fingerprint density at radius 2 is 2.10 bits per heavy atom. The summed E-state index contributed by atoms with van der Waals surface area (Å²) in [6.07, 6.45) is 2.21. The molecule has 0 radical (unpaired) electrons. The Kier molecular flexibility index (Phi) is 3.63. The van der Waals surface area contributed by atoms with Gasteiger partial charge >= 0.3 is 0 Å². The smallest absolute Gasteiger partial charge is 0.137 e. The van der Waals surface area contributed by atoms with Crippen LogP contribution in [0, 0.1) is 11.3 Å². The number of para-hydroxylation sites is 1. The molecule has 0 bridgehead atoms. The van der Waals surface area contributed by atoms with E-state index < -0.39 is 0 Å². The maximum atomic E-state index is 9.13. The van der Waals surface area contributed by atoms with Crippen molar-refractivity contribution in [1.29, 1.82) is 5.26 Å². The van der Waals surface area contributed by atoms with Gasteiger partial charge in [-0.25, -0.2) is 4.98 Å². The maximum absolute atomic E-state index is 9.13. The lowest BCUT2D eigenvalue weighted by atomic mass is 10.1. The average Bonchev–Trinajstić information content (AvgIpc) is 2.86. The third-order valence-electron chi connectivity index (χ3n) is 3.29. The molecular formula is C16H12BrN3O. The zero-order chi connectivity index (χ0) is 14.8. The molecule has 1 aromatic carbocycles. The molecule has 2 aromatic heterocycles. The van der Waals surface area contributed by atoms with Crippen molar-refractivity contribution >= 4 is 21.6 Å². The zero-order valence-electron chi connectivity index (χ0n) is 11.4. The number of rotatable bonds is 3. The maximum Gasteiger partial charge on any atom is 0.137 e. The van der Waals surface area contributed by atoms with E-state index in [2.05, 4.69) is 27.0 Å². The molecule has 104 valence electrons. The van der Waals surface area contributed by atoms with Gasteiger partial charge in [0.1, 0.15) is 11.4 Å². The van der Waals surface area contributed by atoms with Crippen LogP contribution < -0.4 is 4.74 Å². The van der Waals surface area contributed by atoms with E-state index in [9.17, 15) is 0 Å². The number of imidazole rings is 1. The number of nitriles is 1. The molecule has 0 spiro atoms. The van der Waals surface area contributed by atoms with Crippen molar-refractivity contribution < 1.29 is 4.74 Å². The molecule has 0 saturated heterocycles. The van der Waals surface area contributed by atoms with E-state index in [0.717, 1.165) is 32.8 Å². The number of hydrogen-bond acceptors (Lipinski definition) is 3. The number of aromatic nitrogens is 2. The lowest BCUT2D eigenvalue weighted by molar-refractivity contribution is 0.416. The summed E-state index contributed by atoms with van der Waals surface area (Å²) in [4.78, 5) is 4.66. The Bertz CT molecular complexity index is 848. The second-order valence-corrected chi connectivity index (χ2v) is 5.43. The van der Waals surface area contributed by atoms with Gasteiger partial charge in [-0.3, -0.25) is 0 Å². The highest BCUT2D eigenvalue weighted by Gasteiger charge is 2.16. The number of nitrogens with zero attached hydrogens (tertiary/aromatic N) is 3. The predicted octanol–water partition coefficient (Wildman–Crippen LogP) is 3.84. The van der Waals surface area contributed by atoms with Crippen LogP contribution in [-0.2, 0) is 6.42 Å². The Morgan fingerprint density at radius 3 is 2.86 bits per heavy atom. The van der Waals surface area contributed by atoms with E-state index in [1.165, 1.54) is 0 Å². The van der Waals surface area contributed by atoms with E-state index in [-0.39, 0.29) is 6.42 Å².